The van der Waals surface area contributed by atoms with Crippen molar-refractivity contribution in [1.29, 1.82) is 0 Å². The van der Waals surface area contributed by atoms with Gasteiger partial charge < -0.3 is 8.83 Å². The van der Waals surface area contributed by atoms with E-state index in [-0.39, 0.29) is 23.3 Å². The fourth-order valence-corrected chi connectivity index (χ4v) is 4.95. The summed E-state index contributed by atoms with van der Waals surface area (Å²) in [6, 6.07) is 8.68. The van der Waals surface area contributed by atoms with E-state index in [1.165, 1.54) is 32.7 Å². The number of rotatable bonds is 5. The molecule has 10 heteroatoms. The first-order chi connectivity index (χ1) is 14.6. The Balaban J connectivity index is 1.40. The highest BCUT2D eigenvalue weighted by Gasteiger charge is 2.35. The topological polar surface area (TPSA) is 93.8 Å². The third-order valence-corrected chi connectivity index (χ3v) is 6.72. The van der Waals surface area contributed by atoms with Gasteiger partial charge in [-0.2, -0.15) is 5.10 Å². The number of furan rings is 2. The van der Waals surface area contributed by atoms with Gasteiger partial charge >= 0.3 is 0 Å². The van der Waals surface area contributed by atoms with E-state index < -0.39 is 0 Å². The van der Waals surface area contributed by atoms with Gasteiger partial charge in [-0.1, -0.05) is 11.8 Å². The van der Waals surface area contributed by atoms with Crippen LogP contribution in [-0.2, 0) is 11.8 Å². The van der Waals surface area contributed by atoms with Crippen molar-refractivity contribution < 1.29 is 13.6 Å². The van der Waals surface area contributed by atoms with Crippen molar-refractivity contribution in [3.05, 3.63) is 70.1 Å². The summed E-state index contributed by atoms with van der Waals surface area (Å²) in [4.78, 5) is 30.0. The Bertz CT molecular complexity index is 1290. The minimum absolute atomic E-state index is 0.0854. The summed E-state index contributed by atoms with van der Waals surface area (Å²) in [5.41, 5.74) is 1.22. The van der Waals surface area contributed by atoms with Gasteiger partial charge in [0.1, 0.15) is 28.0 Å². The van der Waals surface area contributed by atoms with Gasteiger partial charge in [0.15, 0.2) is 5.16 Å². The van der Waals surface area contributed by atoms with Gasteiger partial charge in [-0.25, -0.2) is 9.99 Å². The number of hydrogen-bond acceptors (Lipinski definition) is 8. The predicted molar refractivity (Wildman–Crippen MR) is 114 cm³/mol. The Kier molecular flexibility index (Phi) is 4.80. The Morgan fingerprint density at radius 3 is 2.87 bits per heavy atom. The molecule has 4 aromatic heterocycles. The second-order valence-electron chi connectivity index (χ2n) is 6.68. The molecule has 8 nitrogen and oxygen atoms in total. The zero-order chi connectivity index (χ0) is 20.7. The van der Waals surface area contributed by atoms with Gasteiger partial charge in [0.05, 0.1) is 23.8 Å². The highest BCUT2D eigenvalue weighted by Crippen LogP contribution is 2.34. The molecule has 4 aromatic rings. The lowest BCUT2D eigenvalue weighted by Crippen LogP contribution is -2.29. The first-order valence-electron chi connectivity index (χ1n) is 9.15. The van der Waals surface area contributed by atoms with Crippen molar-refractivity contribution in [2.24, 2.45) is 12.1 Å². The first-order valence-corrected chi connectivity index (χ1v) is 11.0. The summed E-state index contributed by atoms with van der Waals surface area (Å²) in [5, 5.41) is 8.27. The number of thiophene rings is 1. The summed E-state index contributed by atoms with van der Waals surface area (Å²) in [5.74, 6) is 1.16. The normalized spacial score (nSPS) is 16.4. The Labute approximate surface area is 178 Å². The van der Waals surface area contributed by atoms with Gasteiger partial charge in [0, 0.05) is 13.5 Å². The number of nitrogens with zero attached hydrogens (tertiary/aromatic N) is 4. The van der Waals surface area contributed by atoms with Crippen LogP contribution in [0.1, 0.15) is 24.0 Å². The third kappa shape index (κ3) is 3.27. The predicted octanol–water partition coefficient (Wildman–Crippen LogP) is 3.65. The fourth-order valence-electron chi connectivity index (χ4n) is 3.32. The summed E-state index contributed by atoms with van der Waals surface area (Å²) in [6.45, 7) is 0. The highest BCUT2D eigenvalue weighted by molar-refractivity contribution is 7.99. The van der Waals surface area contributed by atoms with Crippen molar-refractivity contribution in [3.63, 3.8) is 0 Å². The average Bonchev–Trinajstić information content (AvgIpc) is 3.55. The summed E-state index contributed by atoms with van der Waals surface area (Å²) < 4.78 is 13.1. The van der Waals surface area contributed by atoms with Gasteiger partial charge in [-0.15, -0.1) is 11.3 Å². The molecule has 30 heavy (non-hydrogen) atoms. The van der Waals surface area contributed by atoms with Gasteiger partial charge in [0.2, 0.25) is 0 Å². The van der Waals surface area contributed by atoms with E-state index in [0.29, 0.717) is 39.0 Å². The molecule has 0 saturated carbocycles. The van der Waals surface area contributed by atoms with Crippen LogP contribution < -0.4 is 5.56 Å². The number of carbonyl (C=O) groups is 1. The van der Waals surface area contributed by atoms with Crippen LogP contribution >= 0.6 is 23.1 Å². The zero-order valence-electron chi connectivity index (χ0n) is 15.8. The van der Waals surface area contributed by atoms with Crippen LogP contribution in [0.2, 0.25) is 0 Å². The molecule has 1 unspecified atom stereocenters. The van der Waals surface area contributed by atoms with E-state index in [1.54, 1.807) is 37.8 Å². The van der Waals surface area contributed by atoms with Gasteiger partial charge in [0.25, 0.3) is 11.5 Å². The molecular weight excluding hydrogens is 424 g/mol. The Morgan fingerprint density at radius 2 is 2.10 bits per heavy atom. The van der Waals surface area contributed by atoms with Crippen molar-refractivity contribution in [3.8, 4) is 0 Å². The Morgan fingerprint density at radius 1 is 1.27 bits per heavy atom. The molecule has 0 aromatic carbocycles. The summed E-state index contributed by atoms with van der Waals surface area (Å²) >= 11 is 2.58. The molecule has 152 valence electrons. The van der Waals surface area contributed by atoms with Crippen molar-refractivity contribution in [2.75, 3.05) is 5.75 Å². The van der Waals surface area contributed by atoms with Crippen molar-refractivity contribution in [2.45, 2.75) is 17.6 Å². The molecule has 0 aliphatic carbocycles. The lowest BCUT2D eigenvalue weighted by atomic mass is 10.1. The number of aromatic nitrogens is 2. The lowest BCUT2D eigenvalue weighted by Gasteiger charge is -2.19. The molecule has 1 aliphatic heterocycles. The third-order valence-electron chi connectivity index (χ3n) is 4.81. The molecule has 0 N–H and O–H groups in total. The minimum Gasteiger partial charge on any atom is -0.467 e. The molecule has 0 bridgehead atoms. The van der Waals surface area contributed by atoms with Gasteiger partial charge in [-0.3, -0.25) is 14.2 Å². The number of hydrogen-bond donors (Lipinski definition) is 0. The second kappa shape index (κ2) is 7.62. The number of fused-ring (bicyclic) bond motifs is 1. The first kappa shape index (κ1) is 18.9. The maximum Gasteiger partial charge on any atom is 0.271 e. The molecule has 1 atom stereocenters. The minimum atomic E-state index is -0.343. The van der Waals surface area contributed by atoms with Crippen LogP contribution in [0.4, 0.5) is 0 Å². The van der Waals surface area contributed by atoms with Crippen LogP contribution in [-0.4, -0.2) is 31.9 Å². The molecule has 5 heterocycles. The molecule has 0 saturated heterocycles. The summed E-state index contributed by atoms with van der Waals surface area (Å²) in [7, 11) is 1.66. The zero-order valence-corrected chi connectivity index (χ0v) is 17.5. The monoisotopic (exact) mass is 440 g/mol. The van der Waals surface area contributed by atoms with E-state index in [9.17, 15) is 9.59 Å². The van der Waals surface area contributed by atoms with Gasteiger partial charge in [-0.05, 0) is 35.7 Å². The highest BCUT2D eigenvalue weighted by atomic mass is 32.2. The van der Waals surface area contributed by atoms with Crippen LogP contribution in [0.5, 0.6) is 0 Å². The number of amides is 1. The standard InChI is InChI=1S/C20H16N4O4S2/c1-23-19(26)18-12(6-9-29-18)21-20(23)30-11-17(25)24-14(16-5-3-8-28-16)10-13(22-24)15-4-2-7-27-15/h2-9,14H,10-11H2,1H3. The van der Waals surface area contributed by atoms with Crippen LogP contribution in [0.15, 0.2) is 72.1 Å². The smallest absolute Gasteiger partial charge is 0.271 e. The molecule has 5 rings (SSSR count). The maximum absolute atomic E-state index is 13.1. The molecule has 0 spiro atoms. The number of thioether (sulfide) groups is 1. The largest absolute Gasteiger partial charge is 0.467 e. The van der Waals surface area contributed by atoms with E-state index in [1.807, 2.05) is 17.5 Å². The van der Waals surface area contributed by atoms with Crippen LogP contribution in [0.3, 0.4) is 0 Å². The lowest BCUT2D eigenvalue weighted by molar-refractivity contribution is -0.130. The van der Waals surface area contributed by atoms with Crippen molar-refractivity contribution in [1.82, 2.24) is 14.6 Å². The molecular formula is C20H16N4O4S2. The molecule has 0 radical (unpaired) electrons. The fraction of sp³-hybridized carbons (Fsp3) is 0.200. The molecule has 1 aliphatic rings. The summed E-state index contributed by atoms with van der Waals surface area (Å²) in [6.07, 6.45) is 3.65. The molecule has 0 fully saturated rings. The number of carbonyl (C=O) groups excluding carboxylic acids is 1. The number of hydrazone groups is 1. The second-order valence-corrected chi connectivity index (χ2v) is 8.54. The van der Waals surface area contributed by atoms with E-state index in [2.05, 4.69) is 10.1 Å². The van der Waals surface area contributed by atoms with Crippen LogP contribution in [0.25, 0.3) is 10.2 Å². The molecule has 1 amide bonds. The van der Waals surface area contributed by atoms with Crippen LogP contribution in [0, 0.1) is 0 Å². The maximum atomic E-state index is 13.1. The quantitative estimate of drug-likeness (QED) is 0.347. The SMILES string of the molecule is Cn1c(SCC(=O)N2N=C(c3ccco3)CC2c2ccco2)nc2ccsc2c1=O. The average molecular weight is 441 g/mol. The Hall–Kier alpha value is -3.11. The van der Waals surface area contributed by atoms with E-state index in [4.69, 9.17) is 8.83 Å². The van der Waals surface area contributed by atoms with E-state index >= 15 is 0 Å². The van der Waals surface area contributed by atoms with E-state index in [0.717, 1.165) is 0 Å². The van der Waals surface area contributed by atoms with Crippen molar-refractivity contribution >= 4 is 44.9 Å².